The molecule has 0 saturated heterocycles. The van der Waals surface area contributed by atoms with Crippen molar-refractivity contribution in [3.63, 3.8) is 0 Å². The fraction of sp³-hybridized carbons (Fsp3) is 0.0192. The van der Waals surface area contributed by atoms with Crippen LogP contribution in [-0.4, -0.2) is 9.13 Å². The summed E-state index contributed by atoms with van der Waals surface area (Å²) in [5.74, 6) is 0. The average Bonchev–Trinajstić information content (AvgIpc) is 1.48. The molecule has 0 radical (unpaired) electrons. The first-order valence-electron chi connectivity index (χ1n) is 37.9. The average molecular weight is 1450 g/mol. The molecular formula is C104H63N2OPS2. The van der Waals surface area contributed by atoms with Crippen LogP contribution < -0.4 is 15.9 Å². The monoisotopic (exact) mass is 1450 g/mol. The van der Waals surface area contributed by atoms with Crippen LogP contribution in [0.1, 0.15) is 44.5 Å². The number of aromatic nitrogens is 2. The summed E-state index contributed by atoms with van der Waals surface area (Å²) in [6.45, 7) is 0. The first-order valence-corrected chi connectivity index (χ1v) is 41.2. The molecule has 0 N–H and O–H groups in total. The van der Waals surface area contributed by atoms with E-state index < -0.39 is 18.0 Å². The Balaban J connectivity index is 0.673. The molecule has 4 heterocycles. The topological polar surface area (TPSA) is 26.9 Å². The van der Waals surface area contributed by atoms with Gasteiger partial charge in [-0.25, -0.2) is 0 Å². The zero-order valence-electron chi connectivity index (χ0n) is 59.4. The largest absolute Gasteiger partial charge is 0.309 e. The second-order valence-electron chi connectivity index (χ2n) is 30.0. The zero-order valence-corrected chi connectivity index (χ0v) is 62.0. The van der Waals surface area contributed by atoms with Crippen LogP contribution in [0.3, 0.4) is 0 Å². The van der Waals surface area contributed by atoms with Crippen molar-refractivity contribution < 1.29 is 4.57 Å². The molecule has 3 nitrogen and oxygen atoms in total. The second-order valence-corrected chi connectivity index (χ2v) is 34.9. The smallest absolute Gasteiger partial charge is 0.171 e. The molecule has 2 aromatic heterocycles. The fourth-order valence-electron chi connectivity index (χ4n) is 20.0. The van der Waals surface area contributed by atoms with Crippen molar-refractivity contribution in [2.45, 2.75) is 30.4 Å². The Morgan fingerprint density at radius 2 is 0.627 bits per heavy atom. The second kappa shape index (κ2) is 23.4. The van der Waals surface area contributed by atoms with E-state index in [0.29, 0.717) is 0 Å². The van der Waals surface area contributed by atoms with Crippen LogP contribution >= 0.6 is 30.7 Å². The van der Waals surface area contributed by atoms with Crippen LogP contribution in [0.2, 0.25) is 0 Å². The van der Waals surface area contributed by atoms with Crippen LogP contribution in [0.15, 0.2) is 402 Å². The summed E-state index contributed by atoms with van der Waals surface area (Å²) < 4.78 is 22.2. The molecule has 0 fully saturated rings. The maximum atomic E-state index is 17.2. The minimum Gasteiger partial charge on any atom is -0.309 e. The van der Waals surface area contributed by atoms with Crippen molar-refractivity contribution >= 4 is 123 Å². The van der Waals surface area contributed by atoms with Gasteiger partial charge in [0.15, 0.2) is 7.14 Å². The highest BCUT2D eigenvalue weighted by molar-refractivity contribution is 7.99. The molecule has 0 saturated carbocycles. The Kier molecular flexibility index (Phi) is 13.3. The Bertz CT molecular complexity index is 7360. The number of benzene rings is 18. The summed E-state index contributed by atoms with van der Waals surface area (Å²) >= 11 is 3.77. The van der Waals surface area contributed by atoms with Crippen molar-refractivity contribution in [3.8, 4) is 55.9 Å². The Hall–Kier alpha value is -12.7. The predicted octanol–water partition coefficient (Wildman–Crippen LogP) is 26.0. The van der Waals surface area contributed by atoms with Gasteiger partial charge in [0.05, 0.1) is 32.9 Å². The Labute approximate surface area is 644 Å². The fourth-order valence-corrected chi connectivity index (χ4v) is 25.1. The highest BCUT2D eigenvalue weighted by atomic mass is 32.2. The Morgan fingerprint density at radius 1 is 0.227 bits per heavy atom. The van der Waals surface area contributed by atoms with Gasteiger partial charge in [-0.15, -0.1) is 0 Å². The van der Waals surface area contributed by atoms with E-state index >= 15 is 4.57 Å². The molecule has 1 unspecified atom stereocenters. The van der Waals surface area contributed by atoms with Gasteiger partial charge in [-0.1, -0.05) is 303 Å². The molecule has 2 spiro atoms. The van der Waals surface area contributed by atoms with Gasteiger partial charge in [0.1, 0.15) is 0 Å². The molecule has 4 aliphatic rings. The van der Waals surface area contributed by atoms with E-state index in [1.165, 1.54) is 141 Å². The van der Waals surface area contributed by atoms with Gasteiger partial charge in [0.2, 0.25) is 0 Å². The van der Waals surface area contributed by atoms with E-state index in [2.05, 4.69) is 373 Å². The van der Waals surface area contributed by atoms with E-state index in [4.69, 9.17) is 0 Å². The van der Waals surface area contributed by atoms with Gasteiger partial charge in [0, 0.05) is 68.4 Å². The van der Waals surface area contributed by atoms with Crippen LogP contribution in [0.4, 0.5) is 0 Å². The summed E-state index contributed by atoms with van der Waals surface area (Å²) in [5, 5.41) is 14.3. The third-order valence-electron chi connectivity index (χ3n) is 24.7. The third kappa shape index (κ3) is 8.52. The van der Waals surface area contributed by atoms with Gasteiger partial charge in [0.25, 0.3) is 0 Å². The number of hydrogen-bond acceptors (Lipinski definition) is 3. The van der Waals surface area contributed by atoms with Crippen molar-refractivity contribution in [2.75, 3.05) is 0 Å². The van der Waals surface area contributed by atoms with Crippen LogP contribution in [0.25, 0.3) is 132 Å². The summed E-state index contributed by atoms with van der Waals surface area (Å²) in [6, 6.07) is 142. The highest BCUT2D eigenvalue weighted by Crippen LogP contribution is 2.65. The lowest BCUT2D eigenvalue weighted by atomic mass is 9.67. The summed E-state index contributed by atoms with van der Waals surface area (Å²) in [4.78, 5) is 5.02. The van der Waals surface area contributed by atoms with E-state index in [0.717, 1.165) is 71.3 Å². The van der Waals surface area contributed by atoms with Gasteiger partial charge >= 0.3 is 0 Å². The number of rotatable bonds is 7. The molecular weight excluding hydrogens is 1390 g/mol. The zero-order chi connectivity index (χ0) is 72.1. The lowest BCUT2D eigenvalue weighted by molar-refractivity contribution is 0.592. The van der Waals surface area contributed by atoms with Gasteiger partial charge in [-0.2, -0.15) is 0 Å². The molecule has 6 heteroatoms. The van der Waals surface area contributed by atoms with Crippen molar-refractivity contribution in [1.82, 2.24) is 9.13 Å². The van der Waals surface area contributed by atoms with E-state index in [-0.39, 0.29) is 0 Å². The van der Waals surface area contributed by atoms with Crippen molar-refractivity contribution in [1.29, 1.82) is 0 Å². The van der Waals surface area contributed by atoms with E-state index in [1.807, 2.05) is 41.7 Å². The molecule has 0 amide bonds. The van der Waals surface area contributed by atoms with E-state index in [1.54, 1.807) is 0 Å². The molecule has 20 aromatic rings. The van der Waals surface area contributed by atoms with Gasteiger partial charge in [-0.3, -0.25) is 0 Å². The van der Waals surface area contributed by atoms with Crippen molar-refractivity contribution in [3.05, 3.63) is 427 Å². The quantitative estimate of drug-likeness (QED) is 0.149. The summed E-state index contributed by atoms with van der Waals surface area (Å²) in [5.41, 5.74) is 25.6. The number of fused-ring (bicyclic) bond motifs is 29. The summed E-state index contributed by atoms with van der Waals surface area (Å²) in [6.07, 6.45) is 0. The molecule has 24 rings (SSSR count). The van der Waals surface area contributed by atoms with Gasteiger partial charge in [-0.05, 0) is 224 Å². The maximum Gasteiger partial charge on any atom is 0.171 e. The normalized spacial score (nSPS) is 14.4. The molecule has 0 bridgehead atoms. The summed E-state index contributed by atoms with van der Waals surface area (Å²) in [7, 11) is -3.56. The van der Waals surface area contributed by atoms with E-state index in [9.17, 15) is 0 Å². The first-order chi connectivity index (χ1) is 54.4. The maximum absolute atomic E-state index is 17.2. The predicted molar refractivity (Wildman–Crippen MR) is 461 cm³/mol. The lowest BCUT2D eigenvalue weighted by Gasteiger charge is -2.39. The van der Waals surface area contributed by atoms with Crippen LogP contribution in [0.5, 0.6) is 0 Å². The lowest BCUT2D eigenvalue weighted by Crippen LogP contribution is -2.32. The van der Waals surface area contributed by atoms with Gasteiger partial charge < -0.3 is 13.7 Å². The standard InChI is InChI=1S/C104H63N2OPS2/c107-108(74-25-2-1-3-26-74,75-53-51-73(52-54-75)106-93-55-47-66-22-6-7-28-77(66)101(93)83-60-91-99(62-95(83)106)109-97-39-18-16-37-89(97)103(91)85-33-12-8-29-78(85)79-30-9-13-34-86(79)103)76-27-20-24-69(58-76)71-44-42-67-48-56-94-102(82(67)59-71)84-61-92-100(63-96(84)105(94)72-49-45-65(46-50-72)70-43-41-64-21-4-5-23-68(64)57-70)110-98-40-19-17-38-90(98)104(92)87-35-14-10-31-80(87)81-32-11-15-36-88(81)104/h1-63H. The molecule has 18 aromatic carbocycles. The molecule has 1 atom stereocenters. The molecule has 512 valence electrons. The first kappa shape index (κ1) is 62.3. The van der Waals surface area contributed by atoms with Crippen LogP contribution in [-0.2, 0) is 15.4 Å². The SMILES string of the molecule is O=P(c1ccccc1)(c1ccc(-n2c3cc4c(cc3c3c5ccccc5ccc32)C2(c3ccccc3S4)c3ccccc3-c3ccccc32)cc1)c1cccc(-c2ccc3ccc4c(c3c2)c2cc3c(cc2n4-c2ccc(-c4ccc5ccccc5c4)cc2)Sc2ccccc2C32c3ccccc3-c3ccccc32)c1. The Morgan fingerprint density at radius 3 is 1.19 bits per heavy atom. The van der Waals surface area contributed by atoms with Crippen LogP contribution in [0, 0.1) is 0 Å². The number of hydrogen-bond donors (Lipinski definition) is 0. The highest BCUT2D eigenvalue weighted by Gasteiger charge is 2.52. The molecule has 2 aliphatic heterocycles. The molecule has 110 heavy (non-hydrogen) atoms. The van der Waals surface area contributed by atoms with Crippen molar-refractivity contribution in [2.24, 2.45) is 0 Å². The number of nitrogens with zero attached hydrogens (tertiary/aromatic N) is 2. The third-order valence-corrected chi connectivity index (χ3v) is 30.0. The molecule has 2 aliphatic carbocycles. The minimum absolute atomic E-state index is 0.526. The minimum atomic E-state index is -3.56.